The minimum atomic E-state index is -0.427. The topological polar surface area (TPSA) is 81.3 Å². The highest BCUT2D eigenvalue weighted by atomic mass is 35.5. The van der Waals surface area contributed by atoms with Crippen molar-refractivity contribution in [1.82, 2.24) is 19.2 Å². The molecule has 0 atom stereocenters. The Labute approximate surface area is 171 Å². The predicted molar refractivity (Wildman–Crippen MR) is 112 cm³/mol. The first-order chi connectivity index (χ1) is 13.9. The third kappa shape index (κ3) is 3.77. The quantitative estimate of drug-likeness (QED) is 0.561. The summed E-state index contributed by atoms with van der Waals surface area (Å²) in [4.78, 5) is 30.0. The van der Waals surface area contributed by atoms with Gasteiger partial charge in [0.05, 0.1) is 0 Å². The average Bonchev–Trinajstić information content (AvgIpc) is 2.99. The summed E-state index contributed by atoms with van der Waals surface area (Å²) in [6, 6.07) is 16.3. The van der Waals surface area contributed by atoms with E-state index in [1.165, 1.54) is 4.40 Å². The Bertz CT molecular complexity index is 1280. The molecule has 8 heteroatoms. The van der Waals surface area contributed by atoms with Gasteiger partial charge in [-0.1, -0.05) is 48.0 Å². The van der Waals surface area contributed by atoms with Gasteiger partial charge in [-0.15, -0.1) is 5.10 Å². The second-order valence-corrected chi connectivity index (χ2v) is 7.16. The maximum atomic E-state index is 13.0. The number of amides is 1. The molecule has 0 unspecified atom stereocenters. The van der Waals surface area contributed by atoms with Crippen LogP contribution in [-0.4, -0.2) is 25.1 Å². The summed E-state index contributed by atoms with van der Waals surface area (Å²) in [6.45, 7) is 3.48. The lowest BCUT2D eigenvalue weighted by Gasteiger charge is -2.08. The summed E-state index contributed by atoms with van der Waals surface area (Å²) in [5, 5.41) is 7.62. The van der Waals surface area contributed by atoms with Gasteiger partial charge in [0.1, 0.15) is 12.4 Å². The predicted octanol–water partition coefficient (Wildman–Crippen LogP) is 3.47. The van der Waals surface area contributed by atoms with Gasteiger partial charge in [-0.05, 0) is 31.5 Å². The summed E-state index contributed by atoms with van der Waals surface area (Å²) >= 11 is 6.00. The Balaban J connectivity index is 1.70. The van der Waals surface area contributed by atoms with Crippen LogP contribution in [0.25, 0.3) is 17.0 Å². The minimum absolute atomic E-state index is 0.222. The zero-order valence-electron chi connectivity index (χ0n) is 15.9. The molecule has 0 bridgehead atoms. The number of fused-ring (bicyclic) bond motifs is 1. The monoisotopic (exact) mass is 407 g/mol. The van der Waals surface area contributed by atoms with Gasteiger partial charge in [-0.25, -0.2) is 18.9 Å². The van der Waals surface area contributed by atoms with E-state index >= 15 is 0 Å². The Morgan fingerprint density at radius 3 is 2.62 bits per heavy atom. The molecule has 1 amide bonds. The van der Waals surface area contributed by atoms with E-state index in [1.54, 1.807) is 18.2 Å². The van der Waals surface area contributed by atoms with Crippen LogP contribution >= 0.6 is 11.6 Å². The Kier molecular flexibility index (Phi) is 4.90. The Morgan fingerprint density at radius 2 is 1.86 bits per heavy atom. The van der Waals surface area contributed by atoms with E-state index in [0.29, 0.717) is 22.2 Å². The van der Waals surface area contributed by atoms with Crippen LogP contribution in [0.5, 0.6) is 0 Å². The number of anilines is 1. The molecular weight excluding hydrogens is 390 g/mol. The number of rotatable bonds is 4. The number of hydrogen-bond donors (Lipinski definition) is 1. The Hall–Kier alpha value is -3.45. The highest BCUT2D eigenvalue weighted by Crippen LogP contribution is 2.20. The summed E-state index contributed by atoms with van der Waals surface area (Å²) in [6.07, 6.45) is 0. The van der Waals surface area contributed by atoms with E-state index in [4.69, 9.17) is 11.6 Å². The van der Waals surface area contributed by atoms with Crippen LogP contribution in [-0.2, 0) is 11.3 Å². The molecule has 2 heterocycles. The summed E-state index contributed by atoms with van der Waals surface area (Å²) in [5.41, 5.74) is 3.00. The van der Waals surface area contributed by atoms with Crippen molar-refractivity contribution in [3.8, 4) is 11.4 Å². The molecule has 0 aliphatic heterocycles. The van der Waals surface area contributed by atoms with E-state index in [0.717, 1.165) is 21.5 Å². The van der Waals surface area contributed by atoms with E-state index < -0.39 is 5.69 Å². The summed E-state index contributed by atoms with van der Waals surface area (Å²) < 4.78 is 2.55. The van der Waals surface area contributed by atoms with Crippen molar-refractivity contribution >= 4 is 28.8 Å². The van der Waals surface area contributed by atoms with Gasteiger partial charge in [-0.2, -0.15) is 0 Å². The molecule has 29 heavy (non-hydrogen) atoms. The van der Waals surface area contributed by atoms with Crippen molar-refractivity contribution < 1.29 is 4.79 Å². The van der Waals surface area contributed by atoms with Crippen molar-refractivity contribution in [3.05, 3.63) is 81.4 Å². The number of nitrogens with zero attached hydrogens (tertiary/aromatic N) is 4. The van der Waals surface area contributed by atoms with Gasteiger partial charge in [0.25, 0.3) is 0 Å². The molecule has 7 nitrogen and oxygen atoms in total. The first kappa shape index (κ1) is 18.9. The first-order valence-electron chi connectivity index (χ1n) is 9.01. The Morgan fingerprint density at radius 1 is 1.10 bits per heavy atom. The van der Waals surface area contributed by atoms with Crippen molar-refractivity contribution in [2.45, 2.75) is 20.4 Å². The van der Waals surface area contributed by atoms with E-state index in [1.807, 2.05) is 50.2 Å². The molecule has 2 aromatic heterocycles. The summed E-state index contributed by atoms with van der Waals surface area (Å²) in [5.74, 6) is 0.120. The zero-order valence-corrected chi connectivity index (χ0v) is 16.6. The lowest BCUT2D eigenvalue weighted by Crippen LogP contribution is -2.29. The third-order valence-corrected chi connectivity index (χ3v) is 4.73. The molecule has 4 aromatic rings. The fraction of sp³-hybridized carbons (Fsp3) is 0.143. The van der Waals surface area contributed by atoms with Crippen molar-refractivity contribution in [2.75, 3.05) is 5.32 Å². The third-order valence-electron chi connectivity index (χ3n) is 4.50. The number of nitrogens with one attached hydrogen (secondary N) is 1. The van der Waals surface area contributed by atoms with Crippen molar-refractivity contribution in [1.29, 1.82) is 0 Å². The van der Waals surface area contributed by atoms with Gasteiger partial charge in [0, 0.05) is 28.0 Å². The van der Waals surface area contributed by atoms with Gasteiger partial charge in [0.15, 0.2) is 5.65 Å². The maximum Gasteiger partial charge on any atom is 0.352 e. The average molecular weight is 408 g/mol. The van der Waals surface area contributed by atoms with E-state index in [2.05, 4.69) is 15.4 Å². The lowest BCUT2D eigenvalue weighted by atomic mass is 10.2. The van der Waals surface area contributed by atoms with E-state index in [9.17, 15) is 9.59 Å². The lowest BCUT2D eigenvalue weighted by molar-refractivity contribution is -0.117. The van der Waals surface area contributed by atoms with E-state index in [-0.39, 0.29) is 12.5 Å². The molecule has 2 aromatic carbocycles. The van der Waals surface area contributed by atoms with Crippen LogP contribution in [0.3, 0.4) is 0 Å². The highest BCUT2D eigenvalue weighted by Gasteiger charge is 2.16. The fourth-order valence-corrected chi connectivity index (χ4v) is 3.26. The molecule has 0 saturated heterocycles. The first-order valence-corrected chi connectivity index (χ1v) is 9.39. The second kappa shape index (κ2) is 7.52. The molecule has 0 radical (unpaired) electrons. The highest BCUT2D eigenvalue weighted by molar-refractivity contribution is 6.31. The largest absolute Gasteiger partial charge is 0.352 e. The van der Waals surface area contributed by atoms with Crippen LogP contribution in [0.2, 0.25) is 5.02 Å². The maximum absolute atomic E-state index is 13.0. The molecule has 1 N–H and O–H groups in total. The van der Waals surface area contributed by atoms with Gasteiger partial charge >= 0.3 is 5.69 Å². The number of aryl methyl sites for hydroxylation is 2. The minimum Gasteiger partial charge on any atom is -0.324 e. The van der Waals surface area contributed by atoms with Crippen molar-refractivity contribution in [2.24, 2.45) is 0 Å². The second-order valence-electron chi connectivity index (χ2n) is 6.73. The smallest absolute Gasteiger partial charge is 0.324 e. The number of carbonyl (C=O) groups excluding carboxylic acids is 1. The molecule has 0 saturated carbocycles. The normalized spacial score (nSPS) is 11.0. The molecule has 0 fully saturated rings. The van der Waals surface area contributed by atoms with Gasteiger partial charge in [0.2, 0.25) is 5.91 Å². The van der Waals surface area contributed by atoms with Crippen LogP contribution < -0.4 is 11.0 Å². The SMILES string of the molecule is Cc1cc2nn(CC(=O)Nc3cc(Cl)ccc3C)c(=O)n2c(-c2ccccc2)n1. The van der Waals surface area contributed by atoms with Crippen LogP contribution in [0.1, 0.15) is 11.3 Å². The number of hydrogen-bond acceptors (Lipinski definition) is 4. The number of carbonyl (C=O) groups is 1. The molecule has 4 rings (SSSR count). The molecule has 0 spiro atoms. The standard InChI is InChI=1S/C21H18ClN5O2/c1-13-8-9-16(22)11-17(13)24-19(28)12-26-21(29)27-18(25-26)10-14(2)23-20(27)15-6-4-3-5-7-15/h3-11H,12H2,1-2H3,(H,24,28). The summed E-state index contributed by atoms with van der Waals surface area (Å²) in [7, 11) is 0. The molecular formula is C21H18ClN5O2. The number of benzene rings is 2. The van der Waals surface area contributed by atoms with Gasteiger partial charge in [-0.3, -0.25) is 4.79 Å². The number of aromatic nitrogens is 4. The zero-order chi connectivity index (χ0) is 20.5. The van der Waals surface area contributed by atoms with Crippen molar-refractivity contribution in [3.63, 3.8) is 0 Å². The van der Waals surface area contributed by atoms with Crippen LogP contribution in [0, 0.1) is 13.8 Å². The van der Waals surface area contributed by atoms with Crippen LogP contribution in [0.4, 0.5) is 5.69 Å². The molecule has 0 aliphatic carbocycles. The van der Waals surface area contributed by atoms with Gasteiger partial charge < -0.3 is 5.32 Å². The molecule has 146 valence electrons. The molecule has 0 aliphatic rings. The number of halogens is 1. The fourth-order valence-electron chi connectivity index (χ4n) is 3.09. The van der Waals surface area contributed by atoms with Crippen LogP contribution in [0.15, 0.2) is 59.4 Å².